The van der Waals surface area contributed by atoms with E-state index in [4.69, 9.17) is 10.5 Å². The number of rotatable bonds is 10. The van der Waals surface area contributed by atoms with Crippen LogP contribution in [0.5, 0.6) is 0 Å². The van der Waals surface area contributed by atoms with Crippen LogP contribution in [0.4, 0.5) is 5.69 Å². The highest BCUT2D eigenvalue weighted by atomic mass is 35.5. The lowest BCUT2D eigenvalue weighted by molar-refractivity contribution is -0.385. The first-order chi connectivity index (χ1) is 11.3. The lowest BCUT2D eigenvalue weighted by Gasteiger charge is -2.12. The van der Waals surface area contributed by atoms with Crippen LogP contribution in [0.1, 0.15) is 6.42 Å². The fraction of sp³-hybridized carbons (Fsp3) is 0.462. The van der Waals surface area contributed by atoms with Gasteiger partial charge in [0, 0.05) is 38.9 Å². The smallest absolute Gasteiger partial charge is 0.270 e. The number of sulfonamides is 1. The van der Waals surface area contributed by atoms with E-state index < -0.39 is 21.1 Å². The fourth-order valence-electron chi connectivity index (χ4n) is 1.78. The molecule has 0 aliphatic rings. The van der Waals surface area contributed by atoms with Crippen LogP contribution < -0.4 is 15.8 Å². The number of nitrogens with two attached hydrogens (primary N) is 1. The molecule has 1 amide bonds. The number of carbonyl (C=O) groups is 1. The maximum atomic E-state index is 12.0. The van der Waals surface area contributed by atoms with Gasteiger partial charge in [-0.3, -0.25) is 14.9 Å². The number of non-ortho nitro benzene ring substituents is 1. The number of carbonyl (C=O) groups excluding carboxylic acids is 1. The number of methoxy groups -OCH3 is 1. The van der Waals surface area contributed by atoms with Crippen molar-refractivity contribution in [1.29, 1.82) is 0 Å². The molecule has 0 aromatic heterocycles. The summed E-state index contributed by atoms with van der Waals surface area (Å²) in [7, 11) is -2.45. The SMILES string of the molecule is COC(CN)CC(=O)NCCNS(=O)(=O)c1cccc([N+](=O)[O-])c1.Cl. The molecule has 1 atom stereocenters. The van der Waals surface area contributed by atoms with Crippen molar-refractivity contribution in [3.05, 3.63) is 34.4 Å². The standard InChI is InChI=1S/C13H20N4O6S.ClH/c1-23-11(9-14)8-13(18)15-5-6-16-24(21,22)12-4-2-3-10(7-12)17(19)20;/h2-4,7,11,16H,5-6,8-9,14H2,1H3,(H,15,18);1H. The van der Waals surface area contributed by atoms with E-state index in [2.05, 4.69) is 10.0 Å². The Morgan fingerprint density at radius 1 is 1.40 bits per heavy atom. The van der Waals surface area contributed by atoms with E-state index >= 15 is 0 Å². The third-order valence-corrected chi connectivity index (χ3v) is 4.55. The Hall–Kier alpha value is -1.79. The minimum absolute atomic E-state index is 0. The van der Waals surface area contributed by atoms with Crippen LogP contribution in [0, 0.1) is 10.1 Å². The van der Waals surface area contributed by atoms with Gasteiger partial charge in [-0.05, 0) is 6.07 Å². The molecule has 0 bridgehead atoms. The van der Waals surface area contributed by atoms with Gasteiger partial charge in [-0.15, -0.1) is 12.4 Å². The number of hydrogen-bond donors (Lipinski definition) is 3. The molecule has 4 N–H and O–H groups in total. The van der Waals surface area contributed by atoms with Gasteiger partial charge < -0.3 is 15.8 Å². The molecule has 0 saturated heterocycles. The minimum Gasteiger partial charge on any atom is -0.380 e. The molecule has 12 heteroatoms. The Morgan fingerprint density at radius 2 is 2.08 bits per heavy atom. The largest absolute Gasteiger partial charge is 0.380 e. The first kappa shape index (κ1) is 23.2. The second-order valence-electron chi connectivity index (χ2n) is 4.80. The lowest BCUT2D eigenvalue weighted by Crippen LogP contribution is -2.37. The summed E-state index contributed by atoms with van der Waals surface area (Å²) in [6.45, 7) is 0.203. The van der Waals surface area contributed by atoms with Crippen molar-refractivity contribution in [3.8, 4) is 0 Å². The number of halogens is 1. The van der Waals surface area contributed by atoms with Gasteiger partial charge in [-0.2, -0.15) is 0 Å². The molecule has 0 heterocycles. The Labute approximate surface area is 151 Å². The Bertz CT molecular complexity index is 681. The summed E-state index contributed by atoms with van der Waals surface area (Å²) in [5.74, 6) is -0.318. The summed E-state index contributed by atoms with van der Waals surface area (Å²) in [4.78, 5) is 21.4. The average molecular weight is 397 g/mol. The molecular weight excluding hydrogens is 376 g/mol. The molecule has 0 spiro atoms. The molecule has 25 heavy (non-hydrogen) atoms. The van der Waals surface area contributed by atoms with Gasteiger partial charge in [-0.1, -0.05) is 6.07 Å². The van der Waals surface area contributed by atoms with Crippen molar-refractivity contribution in [1.82, 2.24) is 10.0 Å². The van der Waals surface area contributed by atoms with Gasteiger partial charge in [0.25, 0.3) is 5.69 Å². The zero-order valence-corrected chi connectivity index (χ0v) is 15.1. The van der Waals surface area contributed by atoms with E-state index in [0.717, 1.165) is 6.07 Å². The summed E-state index contributed by atoms with van der Waals surface area (Å²) < 4.78 is 31.3. The monoisotopic (exact) mass is 396 g/mol. The molecule has 0 aliphatic heterocycles. The summed E-state index contributed by atoms with van der Waals surface area (Å²) in [6.07, 6.45) is -0.323. The number of hydrogen-bond acceptors (Lipinski definition) is 7. The number of nitro benzene ring substituents is 1. The molecule has 10 nitrogen and oxygen atoms in total. The molecule has 1 unspecified atom stereocenters. The molecule has 1 aromatic rings. The van der Waals surface area contributed by atoms with Crippen LogP contribution in [0.3, 0.4) is 0 Å². The van der Waals surface area contributed by atoms with E-state index in [0.29, 0.717) is 0 Å². The predicted molar refractivity (Wildman–Crippen MR) is 93.0 cm³/mol. The van der Waals surface area contributed by atoms with Crippen LogP contribution in [0.25, 0.3) is 0 Å². The van der Waals surface area contributed by atoms with Gasteiger partial charge in [-0.25, -0.2) is 13.1 Å². The van der Waals surface area contributed by atoms with Crippen LogP contribution in [-0.4, -0.2) is 52.1 Å². The van der Waals surface area contributed by atoms with E-state index in [9.17, 15) is 23.3 Å². The first-order valence-electron chi connectivity index (χ1n) is 7.04. The van der Waals surface area contributed by atoms with Crippen LogP contribution in [-0.2, 0) is 19.6 Å². The van der Waals surface area contributed by atoms with E-state index in [1.165, 1.54) is 25.3 Å². The van der Waals surface area contributed by atoms with Gasteiger partial charge in [0.15, 0.2) is 0 Å². The highest BCUT2D eigenvalue weighted by molar-refractivity contribution is 7.89. The first-order valence-corrected chi connectivity index (χ1v) is 8.52. The zero-order chi connectivity index (χ0) is 18.2. The normalized spacial score (nSPS) is 12.1. The molecule has 0 radical (unpaired) electrons. The lowest BCUT2D eigenvalue weighted by atomic mass is 10.2. The van der Waals surface area contributed by atoms with Gasteiger partial charge in [0.1, 0.15) is 0 Å². The maximum Gasteiger partial charge on any atom is 0.270 e. The molecule has 0 saturated carbocycles. The van der Waals surface area contributed by atoms with E-state index in [1.807, 2.05) is 0 Å². The van der Waals surface area contributed by atoms with Crippen LogP contribution in [0.15, 0.2) is 29.2 Å². The van der Waals surface area contributed by atoms with Crippen molar-refractivity contribution in [2.24, 2.45) is 5.73 Å². The van der Waals surface area contributed by atoms with E-state index in [-0.39, 0.29) is 55.0 Å². The third kappa shape index (κ3) is 7.75. The third-order valence-electron chi connectivity index (χ3n) is 3.09. The molecular formula is C13H21ClN4O6S. The second kappa shape index (κ2) is 10.9. The summed E-state index contributed by atoms with van der Waals surface area (Å²) in [6, 6.07) is 4.69. The second-order valence-corrected chi connectivity index (χ2v) is 6.57. The van der Waals surface area contributed by atoms with E-state index in [1.54, 1.807) is 0 Å². The number of nitrogens with one attached hydrogen (secondary N) is 2. The van der Waals surface area contributed by atoms with Crippen LogP contribution in [0.2, 0.25) is 0 Å². The molecule has 142 valence electrons. The summed E-state index contributed by atoms with van der Waals surface area (Å²) in [5.41, 5.74) is 5.08. The highest BCUT2D eigenvalue weighted by Crippen LogP contribution is 2.16. The van der Waals surface area contributed by atoms with Crippen molar-refractivity contribution in [2.75, 3.05) is 26.7 Å². The van der Waals surface area contributed by atoms with Gasteiger partial charge >= 0.3 is 0 Å². The van der Waals surface area contributed by atoms with Crippen molar-refractivity contribution < 1.29 is 22.9 Å². The van der Waals surface area contributed by atoms with Gasteiger partial charge in [0.05, 0.1) is 22.3 Å². The number of nitro groups is 1. The van der Waals surface area contributed by atoms with Crippen molar-refractivity contribution in [2.45, 2.75) is 17.4 Å². The Balaban J connectivity index is 0.00000576. The summed E-state index contributed by atoms with van der Waals surface area (Å²) >= 11 is 0. The topological polar surface area (TPSA) is 154 Å². The zero-order valence-electron chi connectivity index (χ0n) is 13.5. The van der Waals surface area contributed by atoms with Crippen LogP contribution >= 0.6 is 12.4 Å². The van der Waals surface area contributed by atoms with Gasteiger partial charge in [0.2, 0.25) is 15.9 Å². The molecule has 0 aliphatic carbocycles. The number of amides is 1. The fourth-order valence-corrected chi connectivity index (χ4v) is 2.85. The molecule has 1 aromatic carbocycles. The average Bonchev–Trinajstić information content (AvgIpc) is 2.56. The maximum absolute atomic E-state index is 12.0. The summed E-state index contributed by atoms with van der Waals surface area (Å²) in [5, 5.41) is 13.2. The Kier molecular flexibility index (Phi) is 10.2. The molecule has 1 rings (SSSR count). The molecule has 0 fully saturated rings. The van der Waals surface area contributed by atoms with Crippen molar-refractivity contribution in [3.63, 3.8) is 0 Å². The minimum atomic E-state index is -3.90. The Morgan fingerprint density at radius 3 is 2.64 bits per heavy atom. The van der Waals surface area contributed by atoms with Crippen molar-refractivity contribution >= 4 is 34.0 Å². The number of ether oxygens (including phenoxy) is 1. The highest BCUT2D eigenvalue weighted by Gasteiger charge is 2.17. The number of benzene rings is 1. The number of nitrogens with zero attached hydrogens (tertiary/aromatic N) is 1. The predicted octanol–water partition coefficient (Wildman–Crippen LogP) is -0.225. The quantitative estimate of drug-likeness (QED) is 0.280.